The molecule has 0 aliphatic heterocycles. The second-order valence-electron chi connectivity index (χ2n) is 6.61. The first-order valence-electron chi connectivity index (χ1n) is 9.99. The summed E-state index contributed by atoms with van der Waals surface area (Å²) in [5, 5.41) is 8.49. The van der Waals surface area contributed by atoms with Crippen molar-refractivity contribution in [2.45, 2.75) is 96.8 Å². The number of hydrogen-bond acceptors (Lipinski definition) is 13. The number of rotatable bonds is 14. The summed E-state index contributed by atoms with van der Waals surface area (Å²) in [6.45, 7) is 2.26. The molecule has 0 saturated carbocycles. The van der Waals surface area contributed by atoms with E-state index in [1.807, 2.05) is 0 Å². The van der Waals surface area contributed by atoms with Crippen molar-refractivity contribution in [3.8, 4) is 0 Å². The summed E-state index contributed by atoms with van der Waals surface area (Å²) >= 11 is 0. The molecule has 0 rings (SSSR count). The minimum atomic E-state index is -5.17. The maximum Gasteiger partial charge on any atom is 3.00 e. The van der Waals surface area contributed by atoms with E-state index in [-0.39, 0.29) is 34.7 Å². The average Bonchev–Trinajstić information content (AvgIpc) is 2.54. The molecule has 0 amide bonds. The Bertz CT molecular complexity index is 661. The third-order valence-corrected chi connectivity index (χ3v) is 3.49. The van der Waals surface area contributed by atoms with Gasteiger partial charge in [0.15, 0.2) is 0 Å². The molecule has 0 aromatic carbocycles. The molecule has 0 unspecified atom stereocenters. The van der Waals surface area contributed by atoms with Crippen LogP contribution in [-0.4, -0.2) is 98.4 Å². The van der Waals surface area contributed by atoms with Crippen molar-refractivity contribution in [3.05, 3.63) is 0 Å². The van der Waals surface area contributed by atoms with E-state index < -0.39 is 37.2 Å². The zero-order valence-corrected chi connectivity index (χ0v) is 24.3. The normalized spacial score (nSPS) is 10.5. The van der Waals surface area contributed by atoms with E-state index in [9.17, 15) is 4.79 Å². The summed E-state index contributed by atoms with van der Waals surface area (Å²) in [6.07, 6.45) is 17.3. The molecule has 0 aliphatic rings. The van der Waals surface area contributed by atoms with Gasteiger partial charge in [-0.1, -0.05) is 84.0 Å². The third kappa shape index (κ3) is 154. The molecule has 0 heterocycles. The first-order valence-corrected chi connectivity index (χ1v) is 14.0. The SMILES string of the molecule is CCCCCCCCCCCCCCCC(=O)O.O=S(=O)([O-])[O-].O=S(=O)([O-])[O-].O=S(=O)([O-])[O-].[Al+3].[Al+3]. The van der Waals surface area contributed by atoms with Crippen molar-refractivity contribution in [2.24, 2.45) is 0 Å². The van der Waals surface area contributed by atoms with Crippen LogP contribution in [0.4, 0.5) is 0 Å². The van der Waals surface area contributed by atoms with Crippen molar-refractivity contribution in [1.29, 1.82) is 0 Å². The fourth-order valence-electron chi connectivity index (χ4n) is 2.29. The first-order chi connectivity index (χ1) is 14.8. The van der Waals surface area contributed by atoms with Gasteiger partial charge in [-0.25, -0.2) is 0 Å². The smallest absolute Gasteiger partial charge is 0.759 e. The zero-order chi connectivity index (χ0) is 27.0. The largest absolute Gasteiger partial charge is 3.00 e. The van der Waals surface area contributed by atoms with Gasteiger partial charge >= 0.3 is 40.7 Å². The number of carbonyl (C=O) groups is 1. The maximum atomic E-state index is 10.3. The summed E-state index contributed by atoms with van der Waals surface area (Å²) < 4.78 is 102. The van der Waals surface area contributed by atoms with Gasteiger partial charge < -0.3 is 32.4 Å². The van der Waals surface area contributed by atoms with Crippen LogP contribution in [-0.2, 0) is 36.0 Å². The molecular weight excluding hydrogens is 566 g/mol. The molecule has 0 radical (unpaired) electrons. The van der Waals surface area contributed by atoms with Crippen LogP contribution in [0.3, 0.4) is 0 Å². The van der Waals surface area contributed by atoms with Gasteiger partial charge in [-0.05, 0) is 6.42 Å². The molecule has 0 aromatic rings. The van der Waals surface area contributed by atoms with Gasteiger partial charge in [0.1, 0.15) is 0 Å². The summed E-state index contributed by atoms with van der Waals surface area (Å²) in [6, 6.07) is 0. The van der Waals surface area contributed by atoms with E-state index >= 15 is 0 Å². The van der Waals surface area contributed by atoms with Crippen molar-refractivity contribution >= 4 is 71.9 Å². The molecule has 0 bridgehead atoms. The minimum Gasteiger partial charge on any atom is -0.759 e. The monoisotopic (exact) mass is 598 g/mol. The van der Waals surface area contributed by atoms with Gasteiger partial charge in [0.05, 0.1) is 0 Å². The van der Waals surface area contributed by atoms with Crippen LogP contribution < -0.4 is 0 Å². The fourth-order valence-corrected chi connectivity index (χ4v) is 2.29. The van der Waals surface area contributed by atoms with Crippen LogP contribution in [0.2, 0.25) is 0 Å². The summed E-state index contributed by atoms with van der Waals surface area (Å²) in [7, 11) is -15.5. The Hall–Kier alpha value is 0.145. The van der Waals surface area contributed by atoms with Crippen LogP contribution in [0.1, 0.15) is 96.8 Å². The van der Waals surface area contributed by atoms with Crippen molar-refractivity contribution in [1.82, 2.24) is 0 Å². The Kier molecular flexibility index (Phi) is 41.9. The van der Waals surface area contributed by atoms with Crippen LogP contribution >= 0.6 is 0 Å². The molecular formula is C16H32Al2O14S3. The first kappa shape index (κ1) is 48.2. The van der Waals surface area contributed by atoms with Crippen molar-refractivity contribution in [2.75, 3.05) is 0 Å². The molecule has 0 aliphatic carbocycles. The standard InChI is InChI=1S/C16H32O2.2Al.3H2O4S/c1-2-3-4-5-6-7-8-9-10-11-12-13-14-15-16(17)18;;;3*1-5(2,3)4/h2-15H2,1H3,(H,17,18);;;3*(H2,1,2,3,4)/q;2*+3;;;/p-6. The number of carboxylic acids is 1. The topological polar surface area (TPSA) is 278 Å². The van der Waals surface area contributed by atoms with E-state index in [4.69, 9.17) is 57.7 Å². The van der Waals surface area contributed by atoms with Gasteiger partial charge in [-0.2, -0.15) is 0 Å². The number of hydrogen-bond donors (Lipinski definition) is 1. The van der Waals surface area contributed by atoms with E-state index in [0.29, 0.717) is 6.42 Å². The molecule has 0 fully saturated rings. The van der Waals surface area contributed by atoms with Crippen LogP contribution in [0.15, 0.2) is 0 Å². The Morgan fingerprint density at radius 2 is 0.686 bits per heavy atom. The van der Waals surface area contributed by atoms with Crippen LogP contribution in [0.5, 0.6) is 0 Å². The summed E-state index contributed by atoms with van der Waals surface area (Å²) in [4.78, 5) is 10.3. The Balaban J connectivity index is -0.000000101. The third-order valence-electron chi connectivity index (χ3n) is 3.49. The number of carboxylic acid groups (broad SMARTS) is 1. The Labute approximate surface area is 230 Å². The average molecular weight is 599 g/mol. The molecule has 0 saturated heterocycles. The maximum absolute atomic E-state index is 10.3. The quantitative estimate of drug-likeness (QED) is 0.125. The number of unbranched alkanes of at least 4 members (excludes halogenated alkanes) is 12. The molecule has 0 aromatic heterocycles. The Morgan fingerprint density at radius 3 is 0.857 bits per heavy atom. The van der Waals surface area contributed by atoms with E-state index in [1.54, 1.807) is 0 Å². The van der Waals surface area contributed by atoms with Crippen LogP contribution in [0.25, 0.3) is 0 Å². The molecule has 35 heavy (non-hydrogen) atoms. The minimum absolute atomic E-state index is 0. The zero-order valence-electron chi connectivity index (χ0n) is 19.5. The van der Waals surface area contributed by atoms with Gasteiger partial charge in [0.2, 0.25) is 0 Å². The number of aliphatic carboxylic acids is 1. The molecule has 19 heteroatoms. The van der Waals surface area contributed by atoms with Crippen molar-refractivity contribution in [3.63, 3.8) is 0 Å². The molecule has 1 N–H and O–H groups in total. The van der Waals surface area contributed by atoms with Gasteiger partial charge in [-0.3, -0.25) is 30.0 Å². The second-order valence-corrected chi connectivity index (χ2v) is 9.06. The van der Waals surface area contributed by atoms with E-state index in [2.05, 4.69) is 6.92 Å². The molecule has 204 valence electrons. The van der Waals surface area contributed by atoms with Gasteiger partial charge in [0.25, 0.3) is 0 Å². The van der Waals surface area contributed by atoms with Crippen LogP contribution in [0, 0.1) is 0 Å². The fraction of sp³-hybridized carbons (Fsp3) is 0.938. The molecule has 0 atom stereocenters. The predicted octanol–water partition coefficient (Wildman–Crippen LogP) is 0.777. The van der Waals surface area contributed by atoms with Gasteiger partial charge in [-0.15, -0.1) is 0 Å². The predicted molar refractivity (Wildman–Crippen MR) is 121 cm³/mol. The van der Waals surface area contributed by atoms with E-state index in [0.717, 1.165) is 12.8 Å². The summed E-state index contributed by atoms with van der Waals surface area (Å²) in [5.41, 5.74) is 0. The Morgan fingerprint density at radius 1 is 0.514 bits per heavy atom. The molecule has 0 spiro atoms. The molecule has 14 nitrogen and oxygen atoms in total. The van der Waals surface area contributed by atoms with Crippen molar-refractivity contribution < 1.29 is 62.5 Å². The van der Waals surface area contributed by atoms with E-state index in [1.165, 1.54) is 70.6 Å². The summed E-state index contributed by atoms with van der Waals surface area (Å²) in [5.74, 6) is -0.655. The second kappa shape index (κ2) is 30.4. The van der Waals surface area contributed by atoms with Gasteiger partial charge in [0, 0.05) is 37.6 Å².